The number of carbonyl (C=O) groups is 4. The van der Waals surface area contributed by atoms with E-state index in [2.05, 4.69) is 25.9 Å². The van der Waals surface area contributed by atoms with E-state index in [4.69, 9.17) is 26.1 Å². The van der Waals surface area contributed by atoms with E-state index < -0.39 is 41.8 Å². The molecule has 2 atom stereocenters. The van der Waals surface area contributed by atoms with Crippen molar-refractivity contribution in [3.8, 4) is 0 Å². The van der Waals surface area contributed by atoms with Crippen LogP contribution in [0.25, 0.3) is 10.2 Å². The van der Waals surface area contributed by atoms with Gasteiger partial charge in [-0.15, -0.1) is 11.3 Å². The van der Waals surface area contributed by atoms with Crippen LogP contribution in [0, 0.1) is 5.92 Å². The molecular formula is C34H44F3N7O6S. The number of para-hydroxylation sites is 1. The number of ether oxygens (including phenoxy) is 1. The van der Waals surface area contributed by atoms with Gasteiger partial charge in [0.15, 0.2) is 11.0 Å². The van der Waals surface area contributed by atoms with E-state index in [9.17, 15) is 27.6 Å². The second kappa shape index (κ2) is 19.0. The van der Waals surface area contributed by atoms with Gasteiger partial charge in [-0.1, -0.05) is 56.3 Å². The van der Waals surface area contributed by atoms with Crippen LogP contribution in [-0.2, 0) is 20.7 Å². The molecule has 0 unspecified atom stereocenters. The first-order valence-corrected chi connectivity index (χ1v) is 17.2. The number of aliphatic carboxylic acids is 1. The number of hydrogen-bond acceptors (Lipinski definition) is 9. The van der Waals surface area contributed by atoms with E-state index in [-0.39, 0.29) is 17.7 Å². The Morgan fingerprint density at radius 2 is 1.65 bits per heavy atom. The molecule has 51 heavy (non-hydrogen) atoms. The minimum Gasteiger partial charge on any atom is -0.475 e. The number of aromatic nitrogens is 1. The second-order valence-corrected chi connectivity index (χ2v) is 13.5. The van der Waals surface area contributed by atoms with E-state index in [0.717, 1.165) is 28.9 Å². The smallest absolute Gasteiger partial charge is 0.475 e. The number of alkyl halides is 3. The Morgan fingerprint density at radius 1 is 1.02 bits per heavy atom. The van der Waals surface area contributed by atoms with Gasteiger partial charge in [0.1, 0.15) is 11.6 Å². The third-order valence-electron chi connectivity index (χ3n) is 7.83. The number of amides is 2. The van der Waals surface area contributed by atoms with Crippen LogP contribution in [0.1, 0.15) is 61.3 Å². The van der Waals surface area contributed by atoms with Gasteiger partial charge in [-0.05, 0) is 56.0 Å². The molecule has 3 aromatic rings. The molecule has 13 nitrogen and oxygen atoms in total. The Kier molecular flexibility index (Phi) is 15.2. The van der Waals surface area contributed by atoms with E-state index in [1.807, 2.05) is 68.4 Å². The van der Waals surface area contributed by atoms with E-state index >= 15 is 0 Å². The fourth-order valence-corrected chi connectivity index (χ4v) is 6.37. The summed E-state index contributed by atoms with van der Waals surface area (Å²) in [6.07, 6.45) is -2.72. The number of nitrogens with zero attached hydrogens (tertiary/aromatic N) is 2. The molecule has 1 aliphatic rings. The molecule has 8 N–H and O–H groups in total. The Balaban J connectivity index is 0.000000908. The fraction of sp³-hybridized carbons (Fsp3) is 0.471. The second-order valence-electron chi connectivity index (χ2n) is 12.5. The van der Waals surface area contributed by atoms with Crippen LogP contribution in [0.2, 0.25) is 0 Å². The third-order valence-corrected chi connectivity index (χ3v) is 8.89. The predicted octanol–water partition coefficient (Wildman–Crippen LogP) is 4.16. The molecule has 1 aliphatic heterocycles. The van der Waals surface area contributed by atoms with E-state index in [1.165, 1.54) is 11.3 Å². The molecule has 0 aliphatic carbocycles. The van der Waals surface area contributed by atoms with Crippen LogP contribution < -0.4 is 27.4 Å². The lowest BCUT2D eigenvalue weighted by Crippen LogP contribution is -2.54. The van der Waals surface area contributed by atoms with E-state index in [0.29, 0.717) is 50.1 Å². The van der Waals surface area contributed by atoms with Crippen LogP contribution in [0.3, 0.4) is 0 Å². The van der Waals surface area contributed by atoms with Gasteiger partial charge in [-0.2, -0.15) is 13.2 Å². The predicted molar refractivity (Wildman–Crippen MR) is 187 cm³/mol. The molecule has 0 bridgehead atoms. The number of rotatable bonds is 14. The number of thiazole rings is 1. The standard InChI is InChI=1S/C32H43N7O4S.C2HF3O2/c1-21(2)19-25(39-31(42)43-32(14-17-35-18-15-32)20-22-9-4-3-5-10-22)28(41)37-24(12-8-16-36-30(33)34)27(40)29-38-23-11-6-7-13-26(23)44-29;3-2(4,5)1(6)7/h3-7,9-11,13,21,24-25,35H,8,12,14-20H2,1-2H3,(H,37,41)(H,39,42)(H4,33,34,36);(H,6,7)/t24-,25-;/m0./s1. The summed E-state index contributed by atoms with van der Waals surface area (Å²) in [7, 11) is 0. The zero-order valence-corrected chi connectivity index (χ0v) is 29.2. The number of halogens is 3. The number of Topliss-reactive ketones (excluding diaryl/α,β-unsaturated/α-hetero) is 1. The third kappa shape index (κ3) is 13.5. The van der Waals surface area contributed by atoms with Crippen molar-refractivity contribution in [1.82, 2.24) is 20.9 Å². The zero-order chi connectivity index (χ0) is 37.6. The van der Waals surface area contributed by atoms with Gasteiger partial charge < -0.3 is 37.3 Å². The largest absolute Gasteiger partial charge is 0.490 e. The molecule has 0 spiro atoms. The van der Waals surface area contributed by atoms with Gasteiger partial charge in [0.05, 0.1) is 16.3 Å². The molecule has 1 saturated heterocycles. The number of nitrogens with one attached hydrogen (secondary N) is 3. The normalized spacial score (nSPS) is 15.1. The number of carbonyl (C=O) groups excluding carboxylic acids is 3. The SMILES string of the molecule is CC(C)C[C@H](NC(=O)OC1(Cc2ccccc2)CCNCC1)C(=O)N[C@@H](CCCN=C(N)N)C(=O)c1nc2ccccc2s1.O=C(O)C(F)(F)F. The Bertz CT molecular complexity index is 1610. The Morgan fingerprint density at radius 3 is 2.24 bits per heavy atom. The number of benzene rings is 2. The van der Waals surface area contributed by atoms with Crippen molar-refractivity contribution >= 4 is 51.3 Å². The number of carboxylic acids is 1. The zero-order valence-electron chi connectivity index (χ0n) is 28.4. The van der Waals surface area contributed by atoms with Crippen molar-refractivity contribution in [2.24, 2.45) is 22.4 Å². The Labute approximate surface area is 297 Å². The average Bonchev–Trinajstić information content (AvgIpc) is 3.50. The number of hydrogen-bond donors (Lipinski definition) is 6. The Hall–Kier alpha value is -4.77. The van der Waals surface area contributed by atoms with Gasteiger partial charge in [0.2, 0.25) is 11.7 Å². The van der Waals surface area contributed by atoms with Gasteiger partial charge in [-0.25, -0.2) is 14.6 Å². The quantitative estimate of drug-likeness (QED) is 0.0603. The molecule has 0 saturated carbocycles. The van der Waals surface area contributed by atoms with Crippen molar-refractivity contribution in [3.05, 3.63) is 65.2 Å². The molecular weight excluding hydrogens is 691 g/mol. The van der Waals surface area contributed by atoms with Crippen molar-refractivity contribution < 1.29 is 42.2 Å². The summed E-state index contributed by atoms with van der Waals surface area (Å²) >= 11 is 1.28. The number of guanidine groups is 1. The molecule has 1 fully saturated rings. The van der Waals surface area contributed by atoms with Crippen LogP contribution in [0.5, 0.6) is 0 Å². The maximum atomic E-state index is 13.7. The lowest BCUT2D eigenvalue weighted by Gasteiger charge is -2.37. The first-order chi connectivity index (χ1) is 24.1. The number of fused-ring (bicyclic) bond motifs is 1. The van der Waals surface area contributed by atoms with Crippen LogP contribution >= 0.6 is 11.3 Å². The van der Waals surface area contributed by atoms with Crippen molar-refractivity contribution in [1.29, 1.82) is 0 Å². The monoisotopic (exact) mass is 735 g/mol. The lowest BCUT2D eigenvalue weighted by molar-refractivity contribution is -0.192. The highest BCUT2D eigenvalue weighted by Gasteiger charge is 2.39. The minimum atomic E-state index is -5.08. The highest BCUT2D eigenvalue weighted by atomic mass is 32.1. The highest BCUT2D eigenvalue weighted by Crippen LogP contribution is 2.28. The molecule has 4 rings (SSSR count). The first kappa shape index (κ1) is 40.7. The lowest BCUT2D eigenvalue weighted by atomic mass is 9.85. The molecule has 0 radical (unpaired) electrons. The van der Waals surface area contributed by atoms with Gasteiger partial charge >= 0.3 is 18.2 Å². The van der Waals surface area contributed by atoms with Crippen molar-refractivity contribution in [2.45, 2.75) is 76.2 Å². The summed E-state index contributed by atoms with van der Waals surface area (Å²) in [5.41, 5.74) is 12.0. The van der Waals surface area contributed by atoms with E-state index in [1.54, 1.807) is 0 Å². The highest BCUT2D eigenvalue weighted by molar-refractivity contribution is 7.20. The summed E-state index contributed by atoms with van der Waals surface area (Å²) in [6.45, 7) is 5.70. The molecule has 278 valence electrons. The van der Waals surface area contributed by atoms with Crippen molar-refractivity contribution in [2.75, 3.05) is 19.6 Å². The van der Waals surface area contributed by atoms with Crippen molar-refractivity contribution in [3.63, 3.8) is 0 Å². The number of alkyl carbamates (subject to hydrolysis) is 1. The average molecular weight is 736 g/mol. The van der Waals surface area contributed by atoms with Crippen LogP contribution in [0.4, 0.5) is 18.0 Å². The summed E-state index contributed by atoms with van der Waals surface area (Å²) in [6, 6.07) is 15.7. The first-order valence-electron chi connectivity index (χ1n) is 16.4. The number of aliphatic imine (C=N–C) groups is 1. The fourth-order valence-electron chi connectivity index (χ4n) is 5.41. The molecule has 2 heterocycles. The molecule has 17 heteroatoms. The summed E-state index contributed by atoms with van der Waals surface area (Å²) in [5, 5.41) is 16.5. The topological polar surface area (TPSA) is 211 Å². The minimum absolute atomic E-state index is 0.0402. The molecule has 2 aromatic carbocycles. The number of carboxylic acid groups (broad SMARTS) is 1. The van der Waals surface area contributed by atoms with Crippen LogP contribution in [-0.4, -0.2) is 83.3 Å². The maximum Gasteiger partial charge on any atom is 0.490 e. The maximum absolute atomic E-state index is 13.7. The summed E-state index contributed by atoms with van der Waals surface area (Å²) < 4.78 is 38.7. The van der Waals surface area contributed by atoms with Gasteiger partial charge in [-0.3, -0.25) is 14.6 Å². The molecule has 1 aromatic heterocycles. The number of ketones is 1. The van der Waals surface area contributed by atoms with Gasteiger partial charge in [0, 0.05) is 25.8 Å². The summed E-state index contributed by atoms with van der Waals surface area (Å²) in [5.74, 6) is -3.47. The summed E-state index contributed by atoms with van der Waals surface area (Å²) in [4.78, 5) is 58.1. The number of piperidine rings is 1. The van der Waals surface area contributed by atoms with Gasteiger partial charge in [0.25, 0.3) is 0 Å². The molecule has 2 amide bonds. The van der Waals surface area contributed by atoms with Crippen LogP contribution in [0.15, 0.2) is 59.6 Å². The number of nitrogens with two attached hydrogens (primary N) is 2.